The van der Waals surface area contributed by atoms with Gasteiger partial charge < -0.3 is 5.32 Å². The lowest BCUT2D eigenvalue weighted by atomic mass is 10.1. The first kappa shape index (κ1) is 21.0. The Labute approximate surface area is 188 Å². The van der Waals surface area contributed by atoms with Crippen LogP contribution in [0.25, 0.3) is 21.8 Å². The van der Waals surface area contributed by atoms with Crippen molar-refractivity contribution in [3.63, 3.8) is 0 Å². The van der Waals surface area contributed by atoms with Gasteiger partial charge in [-0.2, -0.15) is 0 Å². The van der Waals surface area contributed by atoms with Gasteiger partial charge in [-0.25, -0.2) is 9.97 Å². The molecule has 0 aliphatic rings. The summed E-state index contributed by atoms with van der Waals surface area (Å²) in [6, 6.07) is 18.4. The zero-order valence-corrected chi connectivity index (χ0v) is 18.3. The minimum atomic E-state index is -0.279. The second-order valence-electron chi connectivity index (χ2n) is 6.89. The number of aryl methyl sites for hydroxylation is 1. The maximum Gasteiger partial charge on any atom is 0.254 e. The van der Waals surface area contributed by atoms with Crippen LogP contribution in [-0.2, 0) is 17.9 Å². The molecule has 4 aromatic rings. The molecule has 0 spiro atoms. The van der Waals surface area contributed by atoms with E-state index in [1.807, 2.05) is 61.5 Å². The van der Waals surface area contributed by atoms with E-state index in [0.717, 1.165) is 26.7 Å². The lowest BCUT2D eigenvalue weighted by Crippen LogP contribution is -2.31. The van der Waals surface area contributed by atoms with E-state index in [1.165, 1.54) is 28.3 Å². The van der Waals surface area contributed by atoms with E-state index in [-0.39, 0.29) is 18.0 Å². The zero-order chi connectivity index (χ0) is 21.8. The number of thiazole rings is 1. The van der Waals surface area contributed by atoms with E-state index in [0.29, 0.717) is 17.3 Å². The van der Waals surface area contributed by atoms with Gasteiger partial charge in [0.15, 0.2) is 0 Å². The molecule has 6 nitrogen and oxygen atoms in total. The summed E-state index contributed by atoms with van der Waals surface area (Å²) in [5.41, 5.74) is 2.86. The molecule has 4 rings (SSSR count). The fraction of sp³-hybridized carbons (Fsp3) is 0.130. The highest BCUT2D eigenvalue weighted by Crippen LogP contribution is 2.32. The van der Waals surface area contributed by atoms with Crippen LogP contribution in [0.2, 0.25) is 5.02 Å². The lowest BCUT2D eigenvalue weighted by molar-refractivity contribution is -0.121. The zero-order valence-electron chi connectivity index (χ0n) is 16.7. The lowest BCUT2D eigenvalue weighted by Gasteiger charge is -2.07. The number of amides is 1. The van der Waals surface area contributed by atoms with Crippen molar-refractivity contribution in [2.24, 2.45) is 0 Å². The molecule has 8 heteroatoms. The first-order valence-corrected chi connectivity index (χ1v) is 10.8. The Morgan fingerprint density at radius 3 is 2.61 bits per heavy atom. The molecule has 1 amide bonds. The first-order chi connectivity index (χ1) is 15.0. The molecule has 2 aromatic heterocycles. The van der Waals surface area contributed by atoms with Crippen LogP contribution in [-0.4, -0.2) is 20.4 Å². The van der Waals surface area contributed by atoms with E-state index in [1.54, 1.807) is 0 Å². The molecule has 1 N–H and O–H groups in total. The molecule has 0 atom stereocenters. The minimum absolute atomic E-state index is 0.101. The summed E-state index contributed by atoms with van der Waals surface area (Å²) < 4.78 is 1.29. The van der Waals surface area contributed by atoms with E-state index in [2.05, 4.69) is 15.3 Å². The fourth-order valence-corrected chi connectivity index (χ4v) is 4.37. The molecule has 0 aliphatic heterocycles. The van der Waals surface area contributed by atoms with Crippen LogP contribution in [0, 0.1) is 6.92 Å². The molecule has 0 saturated carbocycles. The number of nitrogens with zero attached hydrogens (tertiary/aromatic N) is 3. The third kappa shape index (κ3) is 4.90. The Bertz CT molecular complexity index is 1280. The average molecular weight is 451 g/mol. The molecular weight excluding hydrogens is 432 g/mol. The standard InChI is InChI=1S/C23H19ClN4O2S/c1-15-20(31-23(27-15)17-9-5-6-10-18(17)24)12-25-21(29)13-28-14-26-19(11-22(28)30)16-7-3-2-4-8-16/h2-11,14H,12-13H2,1H3,(H,25,29). The van der Waals surface area contributed by atoms with Crippen molar-refractivity contribution in [3.8, 4) is 21.8 Å². The van der Waals surface area contributed by atoms with Crippen LogP contribution < -0.4 is 10.9 Å². The SMILES string of the molecule is Cc1nc(-c2ccccc2Cl)sc1CNC(=O)Cn1cnc(-c2ccccc2)cc1=O. The van der Waals surface area contributed by atoms with Crippen LogP contribution in [0.1, 0.15) is 10.6 Å². The second kappa shape index (κ2) is 9.24. The number of hydrogen-bond acceptors (Lipinski definition) is 5. The van der Waals surface area contributed by atoms with Crippen LogP contribution >= 0.6 is 22.9 Å². The van der Waals surface area contributed by atoms with Gasteiger partial charge in [-0.3, -0.25) is 14.2 Å². The third-order valence-electron chi connectivity index (χ3n) is 4.71. The van der Waals surface area contributed by atoms with E-state index in [9.17, 15) is 9.59 Å². The normalized spacial score (nSPS) is 10.8. The monoisotopic (exact) mass is 450 g/mol. The predicted molar refractivity (Wildman–Crippen MR) is 123 cm³/mol. The number of aromatic nitrogens is 3. The number of benzene rings is 2. The number of hydrogen-bond donors (Lipinski definition) is 1. The van der Waals surface area contributed by atoms with Crippen molar-refractivity contribution in [1.82, 2.24) is 19.9 Å². The minimum Gasteiger partial charge on any atom is -0.350 e. The number of halogens is 1. The summed E-state index contributed by atoms with van der Waals surface area (Å²) in [4.78, 5) is 34.6. The maximum atomic E-state index is 12.4. The van der Waals surface area contributed by atoms with Crippen molar-refractivity contribution in [2.75, 3.05) is 0 Å². The molecule has 0 bridgehead atoms. The van der Waals surface area contributed by atoms with Crippen LogP contribution in [0.4, 0.5) is 0 Å². The number of carbonyl (C=O) groups is 1. The van der Waals surface area contributed by atoms with Gasteiger partial charge in [-0.05, 0) is 13.0 Å². The molecule has 0 saturated heterocycles. The summed E-state index contributed by atoms with van der Waals surface area (Å²) in [5, 5.41) is 4.30. The smallest absolute Gasteiger partial charge is 0.254 e. The van der Waals surface area contributed by atoms with Crippen LogP contribution in [0.15, 0.2) is 71.8 Å². The maximum absolute atomic E-state index is 12.4. The number of rotatable bonds is 6. The van der Waals surface area contributed by atoms with Crippen molar-refractivity contribution in [1.29, 1.82) is 0 Å². The van der Waals surface area contributed by atoms with E-state index < -0.39 is 0 Å². The summed E-state index contributed by atoms with van der Waals surface area (Å²) in [6.45, 7) is 2.13. The highest BCUT2D eigenvalue weighted by molar-refractivity contribution is 7.15. The van der Waals surface area contributed by atoms with Crippen molar-refractivity contribution >= 4 is 28.8 Å². The van der Waals surface area contributed by atoms with Crippen molar-refractivity contribution < 1.29 is 4.79 Å². The fourth-order valence-electron chi connectivity index (χ4n) is 3.04. The van der Waals surface area contributed by atoms with Crippen molar-refractivity contribution in [3.05, 3.63) is 92.9 Å². The second-order valence-corrected chi connectivity index (χ2v) is 8.38. The van der Waals surface area contributed by atoms with Gasteiger partial charge in [0.25, 0.3) is 5.56 Å². The molecule has 0 radical (unpaired) electrons. The quantitative estimate of drug-likeness (QED) is 0.474. The Balaban J connectivity index is 1.41. The molecule has 2 aromatic carbocycles. The van der Waals surface area contributed by atoms with Gasteiger partial charge in [0, 0.05) is 22.1 Å². The molecule has 2 heterocycles. The highest BCUT2D eigenvalue weighted by Gasteiger charge is 2.13. The van der Waals surface area contributed by atoms with Gasteiger partial charge in [-0.15, -0.1) is 11.3 Å². The summed E-state index contributed by atoms with van der Waals surface area (Å²) in [7, 11) is 0. The first-order valence-electron chi connectivity index (χ1n) is 9.61. The van der Waals surface area contributed by atoms with Gasteiger partial charge in [0.05, 0.1) is 29.3 Å². The van der Waals surface area contributed by atoms with Crippen LogP contribution in [0.3, 0.4) is 0 Å². The van der Waals surface area contributed by atoms with E-state index >= 15 is 0 Å². The Kier molecular flexibility index (Phi) is 6.25. The predicted octanol–water partition coefficient (Wildman–Crippen LogP) is 4.31. The highest BCUT2D eigenvalue weighted by atomic mass is 35.5. The number of nitrogens with one attached hydrogen (secondary N) is 1. The van der Waals surface area contributed by atoms with Gasteiger partial charge >= 0.3 is 0 Å². The van der Waals surface area contributed by atoms with Gasteiger partial charge in [0.1, 0.15) is 11.6 Å². The Morgan fingerprint density at radius 2 is 1.87 bits per heavy atom. The number of carbonyl (C=O) groups excluding carboxylic acids is 1. The van der Waals surface area contributed by atoms with Crippen LogP contribution in [0.5, 0.6) is 0 Å². The molecule has 31 heavy (non-hydrogen) atoms. The Morgan fingerprint density at radius 1 is 1.13 bits per heavy atom. The van der Waals surface area contributed by atoms with Crippen molar-refractivity contribution in [2.45, 2.75) is 20.0 Å². The summed E-state index contributed by atoms with van der Waals surface area (Å²) in [6.07, 6.45) is 1.40. The molecule has 0 aliphatic carbocycles. The third-order valence-corrected chi connectivity index (χ3v) is 6.23. The largest absolute Gasteiger partial charge is 0.350 e. The molecular formula is C23H19ClN4O2S. The molecule has 0 fully saturated rings. The van der Waals surface area contributed by atoms with E-state index in [4.69, 9.17) is 11.6 Å². The molecule has 156 valence electrons. The summed E-state index contributed by atoms with van der Waals surface area (Å²) >= 11 is 7.75. The Hall–Kier alpha value is -3.29. The topological polar surface area (TPSA) is 76.9 Å². The summed E-state index contributed by atoms with van der Waals surface area (Å²) in [5.74, 6) is -0.275. The van der Waals surface area contributed by atoms with Gasteiger partial charge in [-0.1, -0.05) is 60.1 Å². The average Bonchev–Trinajstić information content (AvgIpc) is 3.15. The molecule has 0 unspecified atom stereocenters. The van der Waals surface area contributed by atoms with Gasteiger partial charge in [0.2, 0.25) is 5.91 Å².